The van der Waals surface area contributed by atoms with Crippen molar-refractivity contribution >= 4 is 56.5 Å². The van der Waals surface area contributed by atoms with Gasteiger partial charge in [-0.3, -0.25) is 4.18 Å². The van der Waals surface area contributed by atoms with E-state index in [1.807, 2.05) is 0 Å². The van der Waals surface area contributed by atoms with Gasteiger partial charge in [-0.05, 0) is 42.8 Å². The molecule has 0 saturated carbocycles. The average Bonchev–Trinajstić information content (AvgIpc) is 2.58. The third-order valence-electron chi connectivity index (χ3n) is 4.02. The number of hydrogen-bond donors (Lipinski definition) is 1. The van der Waals surface area contributed by atoms with E-state index in [0.29, 0.717) is 12.1 Å². The summed E-state index contributed by atoms with van der Waals surface area (Å²) < 4.78 is 67.1. The lowest BCUT2D eigenvalue weighted by molar-refractivity contribution is -0.137. The van der Waals surface area contributed by atoms with Crippen molar-refractivity contribution in [2.24, 2.45) is 0 Å². The minimum atomic E-state index is -4.78. The minimum Gasteiger partial charge on any atom is -0.383 e. The van der Waals surface area contributed by atoms with Crippen molar-refractivity contribution in [1.82, 2.24) is 0 Å². The summed E-state index contributed by atoms with van der Waals surface area (Å²) in [6.07, 6.45) is -5.55. The van der Waals surface area contributed by atoms with E-state index in [0.717, 1.165) is 11.6 Å². The van der Waals surface area contributed by atoms with E-state index in [1.165, 1.54) is 24.3 Å². The monoisotopic (exact) mass is 524 g/mol. The third kappa shape index (κ3) is 6.88. The SMILES string of the molecule is Cc1ccc(S(=O)(=O)OCC(O)(CC(Cl)(Cl)Cl)c2cc(Cl)cc(C(F)(F)F)c2)cc1. The van der Waals surface area contributed by atoms with Crippen LogP contribution in [0.2, 0.25) is 5.02 Å². The van der Waals surface area contributed by atoms with Gasteiger partial charge in [-0.15, -0.1) is 0 Å². The van der Waals surface area contributed by atoms with Gasteiger partial charge in [-0.2, -0.15) is 21.6 Å². The molecule has 0 amide bonds. The van der Waals surface area contributed by atoms with Crippen LogP contribution in [-0.4, -0.2) is 23.9 Å². The fraction of sp³-hybridized carbons (Fsp3) is 0.333. The van der Waals surface area contributed by atoms with Crippen molar-refractivity contribution in [3.05, 3.63) is 64.2 Å². The van der Waals surface area contributed by atoms with Crippen molar-refractivity contribution < 1.29 is 30.9 Å². The summed E-state index contributed by atoms with van der Waals surface area (Å²) >= 11 is 23.0. The Morgan fingerprint density at radius 1 is 1.00 bits per heavy atom. The second kappa shape index (κ2) is 9.02. The number of alkyl halides is 6. The molecule has 0 saturated heterocycles. The summed E-state index contributed by atoms with van der Waals surface area (Å²) in [4.78, 5) is -0.216. The van der Waals surface area contributed by atoms with Gasteiger partial charge >= 0.3 is 6.18 Å². The molecule has 4 nitrogen and oxygen atoms in total. The smallest absolute Gasteiger partial charge is 0.383 e. The largest absolute Gasteiger partial charge is 0.416 e. The standard InChI is InChI=1S/C18H15Cl4F3O4S/c1-11-2-4-15(5-3-11)30(27,28)29-10-16(26,9-17(20,21)22)12-6-13(18(23,24)25)8-14(19)7-12/h2-8,26H,9-10H2,1H3. The van der Waals surface area contributed by atoms with E-state index in [2.05, 4.69) is 0 Å². The summed E-state index contributed by atoms with van der Waals surface area (Å²) in [5, 5.41) is 10.7. The van der Waals surface area contributed by atoms with Crippen molar-refractivity contribution in [2.45, 2.75) is 33.8 Å². The molecule has 0 aliphatic carbocycles. The number of halogens is 7. The van der Waals surface area contributed by atoms with Gasteiger partial charge in [0.05, 0.1) is 17.1 Å². The molecule has 12 heteroatoms. The van der Waals surface area contributed by atoms with E-state index in [1.54, 1.807) is 6.92 Å². The Morgan fingerprint density at radius 2 is 1.53 bits per heavy atom. The number of hydrogen-bond acceptors (Lipinski definition) is 4. The quantitative estimate of drug-likeness (QED) is 0.370. The first-order chi connectivity index (χ1) is 13.5. The van der Waals surface area contributed by atoms with Crippen LogP contribution in [0.25, 0.3) is 0 Å². The normalized spacial score (nSPS) is 15.1. The summed E-state index contributed by atoms with van der Waals surface area (Å²) in [6.45, 7) is 0.725. The minimum absolute atomic E-state index is 0.216. The number of aryl methyl sites for hydroxylation is 1. The molecule has 166 valence electrons. The van der Waals surface area contributed by atoms with Crippen molar-refractivity contribution in [2.75, 3.05) is 6.61 Å². The van der Waals surface area contributed by atoms with Crippen LogP contribution in [0.5, 0.6) is 0 Å². The maximum atomic E-state index is 13.2. The van der Waals surface area contributed by atoms with Gasteiger partial charge in [0.1, 0.15) is 5.60 Å². The highest BCUT2D eigenvalue weighted by molar-refractivity contribution is 7.86. The lowest BCUT2D eigenvalue weighted by atomic mass is 9.90. The van der Waals surface area contributed by atoms with Crippen LogP contribution in [0.3, 0.4) is 0 Å². The van der Waals surface area contributed by atoms with Gasteiger partial charge in [-0.25, -0.2) is 0 Å². The Balaban J connectivity index is 2.45. The third-order valence-corrected chi connectivity index (χ3v) is 5.91. The summed E-state index contributed by atoms with van der Waals surface area (Å²) in [5.41, 5.74) is -3.23. The van der Waals surface area contributed by atoms with Crippen LogP contribution in [-0.2, 0) is 26.1 Å². The van der Waals surface area contributed by atoms with E-state index in [9.17, 15) is 26.7 Å². The highest BCUT2D eigenvalue weighted by atomic mass is 35.6. The maximum absolute atomic E-state index is 13.2. The Labute approximate surface area is 191 Å². The molecular weight excluding hydrogens is 511 g/mol. The summed E-state index contributed by atoms with van der Waals surface area (Å²) in [6, 6.07) is 7.84. The van der Waals surface area contributed by atoms with Crippen LogP contribution < -0.4 is 0 Å². The zero-order valence-corrected chi connectivity index (χ0v) is 19.0. The van der Waals surface area contributed by atoms with Crippen molar-refractivity contribution in [3.8, 4) is 0 Å². The first-order valence-electron chi connectivity index (χ1n) is 8.15. The molecule has 2 aromatic rings. The van der Waals surface area contributed by atoms with Gasteiger partial charge < -0.3 is 5.11 Å². The molecule has 2 aromatic carbocycles. The number of benzene rings is 2. The Bertz CT molecular complexity index is 1010. The Kier molecular flexibility index (Phi) is 7.67. The van der Waals surface area contributed by atoms with E-state index >= 15 is 0 Å². The van der Waals surface area contributed by atoms with E-state index in [-0.39, 0.29) is 9.92 Å². The fourth-order valence-electron chi connectivity index (χ4n) is 2.54. The molecule has 2 rings (SSSR count). The van der Waals surface area contributed by atoms with Crippen molar-refractivity contribution in [3.63, 3.8) is 0 Å². The van der Waals surface area contributed by atoms with Crippen LogP contribution in [0.4, 0.5) is 13.2 Å². The van der Waals surface area contributed by atoms with Crippen LogP contribution in [0.1, 0.15) is 23.1 Å². The summed E-state index contributed by atoms with van der Waals surface area (Å²) in [7, 11) is -4.37. The topological polar surface area (TPSA) is 63.6 Å². The Hall–Kier alpha value is -0.740. The lowest BCUT2D eigenvalue weighted by Gasteiger charge is -2.31. The molecule has 1 atom stereocenters. The molecule has 1 N–H and O–H groups in total. The van der Waals surface area contributed by atoms with Gasteiger partial charge in [0.15, 0.2) is 3.79 Å². The molecule has 0 aliphatic heterocycles. The average molecular weight is 526 g/mol. The second-order valence-corrected chi connectivity index (χ2v) is 11.1. The molecule has 1 unspecified atom stereocenters. The zero-order valence-electron chi connectivity index (χ0n) is 15.2. The molecule has 0 spiro atoms. The number of rotatable bonds is 6. The first kappa shape index (κ1) is 25.5. The number of aliphatic hydroxyl groups is 1. The van der Waals surface area contributed by atoms with Crippen LogP contribution >= 0.6 is 46.4 Å². The van der Waals surface area contributed by atoms with Gasteiger partial charge in [-0.1, -0.05) is 64.1 Å². The zero-order chi connectivity index (χ0) is 23.0. The van der Waals surface area contributed by atoms with Gasteiger partial charge in [0.25, 0.3) is 10.1 Å². The molecule has 0 aliphatic rings. The fourth-order valence-corrected chi connectivity index (χ4v) is 4.39. The van der Waals surface area contributed by atoms with Crippen LogP contribution in [0, 0.1) is 6.92 Å². The van der Waals surface area contributed by atoms with Crippen LogP contribution in [0.15, 0.2) is 47.4 Å². The first-order valence-corrected chi connectivity index (χ1v) is 11.1. The highest BCUT2D eigenvalue weighted by Crippen LogP contribution is 2.42. The highest BCUT2D eigenvalue weighted by Gasteiger charge is 2.42. The van der Waals surface area contributed by atoms with E-state index in [4.69, 9.17) is 50.6 Å². The molecule has 0 fully saturated rings. The van der Waals surface area contributed by atoms with Gasteiger partial charge in [0.2, 0.25) is 0 Å². The van der Waals surface area contributed by atoms with E-state index < -0.39 is 49.8 Å². The maximum Gasteiger partial charge on any atom is 0.416 e. The lowest BCUT2D eigenvalue weighted by Crippen LogP contribution is -2.37. The molecule has 0 heterocycles. The molecule has 0 radical (unpaired) electrons. The molecule has 30 heavy (non-hydrogen) atoms. The molecule has 0 bridgehead atoms. The second-order valence-electron chi connectivity index (χ2n) is 6.58. The Morgan fingerprint density at radius 3 is 2.03 bits per heavy atom. The van der Waals surface area contributed by atoms with Gasteiger partial charge in [0, 0.05) is 11.4 Å². The summed E-state index contributed by atoms with van der Waals surface area (Å²) in [5.74, 6) is 0. The predicted molar refractivity (Wildman–Crippen MR) is 110 cm³/mol. The molecule has 0 aromatic heterocycles. The predicted octanol–water partition coefficient (Wildman–Crippen LogP) is 6.02. The van der Waals surface area contributed by atoms with Crippen molar-refractivity contribution in [1.29, 1.82) is 0 Å². The molecular formula is C18H15Cl4F3O4S.